The van der Waals surface area contributed by atoms with E-state index >= 15 is 0 Å². The average molecular weight is 457 g/mol. The highest BCUT2D eigenvalue weighted by atomic mass is 32.2. The quantitative estimate of drug-likeness (QED) is 0.721. The number of benzene rings is 1. The molecule has 31 heavy (non-hydrogen) atoms. The standard InChI is InChI=1S/C20H22F3N3O4S/c21-20(22,23)16-8-9-19(28)25(13-16)14-18(27)24-12-15-6-2-3-7-17(15)31(29,30)26-10-4-1-5-11-26/h2-3,6-9,13H,1,4-5,10-12,14H2,(H,24,27). The Labute approximate surface area is 177 Å². The van der Waals surface area contributed by atoms with Crippen molar-refractivity contribution in [3.63, 3.8) is 0 Å². The Kier molecular flexibility index (Phi) is 6.85. The van der Waals surface area contributed by atoms with Crippen molar-refractivity contribution in [1.29, 1.82) is 0 Å². The monoisotopic (exact) mass is 457 g/mol. The van der Waals surface area contributed by atoms with Gasteiger partial charge in [-0.3, -0.25) is 9.59 Å². The molecule has 1 aromatic heterocycles. The first kappa shape index (κ1) is 23.0. The van der Waals surface area contributed by atoms with Crippen molar-refractivity contribution in [2.75, 3.05) is 13.1 Å². The fourth-order valence-corrected chi connectivity index (χ4v) is 5.11. The van der Waals surface area contributed by atoms with Gasteiger partial charge in [0.15, 0.2) is 0 Å². The van der Waals surface area contributed by atoms with Gasteiger partial charge in [-0.05, 0) is 30.5 Å². The molecule has 3 rings (SSSR count). The fraction of sp³-hybridized carbons (Fsp3) is 0.400. The van der Waals surface area contributed by atoms with Gasteiger partial charge in [0.2, 0.25) is 15.9 Å². The van der Waals surface area contributed by atoms with Crippen LogP contribution in [0.3, 0.4) is 0 Å². The van der Waals surface area contributed by atoms with E-state index in [4.69, 9.17) is 0 Å². The summed E-state index contributed by atoms with van der Waals surface area (Å²) in [5.41, 5.74) is -1.44. The number of carbonyl (C=O) groups excluding carboxylic acids is 1. The van der Waals surface area contributed by atoms with E-state index in [1.165, 1.54) is 10.4 Å². The highest BCUT2D eigenvalue weighted by Crippen LogP contribution is 2.28. The van der Waals surface area contributed by atoms with Gasteiger partial charge in [-0.15, -0.1) is 0 Å². The van der Waals surface area contributed by atoms with Crippen LogP contribution in [0.5, 0.6) is 0 Å². The van der Waals surface area contributed by atoms with Crippen LogP contribution in [0.4, 0.5) is 13.2 Å². The molecule has 7 nitrogen and oxygen atoms in total. The van der Waals surface area contributed by atoms with Crippen molar-refractivity contribution in [3.05, 3.63) is 64.1 Å². The van der Waals surface area contributed by atoms with Gasteiger partial charge in [0.05, 0.1) is 10.5 Å². The lowest BCUT2D eigenvalue weighted by molar-refractivity contribution is -0.138. The Hall–Kier alpha value is -2.66. The minimum atomic E-state index is -4.65. The molecule has 1 fully saturated rings. The Balaban J connectivity index is 1.73. The Morgan fingerprint density at radius 2 is 1.71 bits per heavy atom. The summed E-state index contributed by atoms with van der Waals surface area (Å²) < 4.78 is 66.6. The van der Waals surface area contributed by atoms with Crippen LogP contribution in [0.15, 0.2) is 52.3 Å². The third kappa shape index (κ3) is 5.53. The van der Waals surface area contributed by atoms with Crippen molar-refractivity contribution in [2.45, 2.75) is 43.4 Å². The maximum absolute atomic E-state index is 13.0. The van der Waals surface area contributed by atoms with E-state index in [0.29, 0.717) is 35.5 Å². The van der Waals surface area contributed by atoms with Gasteiger partial charge < -0.3 is 9.88 Å². The predicted molar refractivity (Wildman–Crippen MR) is 107 cm³/mol. The molecular weight excluding hydrogens is 435 g/mol. The molecule has 1 aliphatic heterocycles. The van der Waals surface area contributed by atoms with Gasteiger partial charge in [-0.25, -0.2) is 8.42 Å². The molecule has 1 N–H and O–H groups in total. The zero-order valence-electron chi connectivity index (χ0n) is 16.6. The van der Waals surface area contributed by atoms with E-state index in [1.807, 2.05) is 0 Å². The topological polar surface area (TPSA) is 88.5 Å². The Bertz CT molecular complexity index is 1110. The molecule has 11 heteroatoms. The first-order valence-corrected chi connectivity index (χ1v) is 11.2. The van der Waals surface area contributed by atoms with Crippen LogP contribution in [0.2, 0.25) is 0 Å². The number of alkyl halides is 3. The number of pyridine rings is 1. The zero-order chi connectivity index (χ0) is 22.6. The third-order valence-electron chi connectivity index (χ3n) is 5.01. The number of nitrogens with zero attached hydrogens (tertiary/aromatic N) is 2. The smallest absolute Gasteiger partial charge is 0.350 e. The molecule has 0 radical (unpaired) electrons. The second-order valence-electron chi connectivity index (χ2n) is 7.23. The first-order valence-electron chi connectivity index (χ1n) is 9.71. The number of sulfonamides is 1. The molecule has 1 aromatic carbocycles. The lowest BCUT2D eigenvalue weighted by Gasteiger charge is -2.26. The third-order valence-corrected chi connectivity index (χ3v) is 7.01. The number of carbonyl (C=O) groups is 1. The molecule has 0 spiro atoms. The van der Waals surface area contributed by atoms with Crippen LogP contribution in [-0.4, -0.2) is 36.3 Å². The maximum atomic E-state index is 13.0. The number of amides is 1. The zero-order valence-corrected chi connectivity index (χ0v) is 17.4. The predicted octanol–water partition coefficient (Wildman–Crippen LogP) is 2.36. The van der Waals surface area contributed by atoms with E-state index in [9.17, 15) is 31.2 Å². The van der Waals surface area contributed by atoms with Gasteiger partial charge in [0, 0.05) is 31.9 Å². The van der Waals surface area contributed by atoms with Gasteiger partial charge in [0.25, 0.3) is 5.56 Å². The first-order chi connectivity index (χ1) is 14.6. The molecule has 168 valence electrons. The second kappa shape index (κ2) is 9.23. The van der Waals surface area contributed by atoms with Crippen LogP contribution in [0.25, 0.3) is 0 Å². The SMILES string of the molecule is O=C(Cn1cc(C(F)(F)F)ccc1=O)NCc1ccccc1S(=O)(=O)N1CCCCC1. The molecule has 0 atom stereocenters. The summed E-state index contributed by atoms with van der Waals surface area (Å²) in [4.78, 5) is 24.1. The van der Waals surface area contributed by atoms with E-state index < -0.39 is 39.8 Å². The van der Waals surface area contributed by atoms with Crippen LogP contribution in [-0.2, 0) is 34.1 Å². The molecule has 0 aliphatic carbocycles. The van der Waals surface area contributed by atoms with Crippen molar-refractivity contribution in [1.82, 2.24) is 14.2 Å². The summed E-state index contributed by atoms with van der Waals surface area (Å²) in [6.45, 7) is 0.0998. The molecule has 2 aromatic rings. The average Bonchev–Trinajstić information content (AvgIpc) is 2.74. The van der Waals surface area contributed by atoms with Crippen molar-refractivity contribution in [2.24, 2.45) is 0 Å². The number of nitrogens with one attached hydrogen (secondary N) is 1. The summed E-state index contributed by atoms with van der Waals surface area (Å²) in [5, 5.41) is 2.49. The van der Waals surface area contributed by atoms with E-state index in [-0.39, 0.29) is 11.4 Å². The van der Waals surface area contributed by atoms with Crippen molar-refractivity contribution >= 4 is 15.9 Å². The van der Waals surface area contributed by atoms with E-state index in [1.54, 1.807) is 18.2 Å². The number of hydrogen-bond donors (Lipinski definition) is 1. The Morgan fingerprint density at radius 1 is 1.03 bits per heavy atom. The molecule has 1 saturated heterocycles. The normalized spacial score (nSPS) is 15.6. The summed E-state index contributed by atoms with van der Waals surface area (Å²) in [6.07, 6.45) is -1.53. The molecule has 1 aliphatic rings. The number of hydrogen-bond acceptors (Lipinski definition) is 4. The number of aromatic nitrogens is 1. The number of piperidine rings is 1. The van der Waals surface area contributed by atoms with Crippen molar-refractivity contribution in [3.8, 4) is 0 Å². The van der Waals surface area contributed by atoms with Gasteiger partial charge in [-0.2, -0.15) is 17.5 Å². The molecule has 1 amide bonds. The van der Waals surface area contributed by atoms with Crippen molar-refractivity contribution < 1.29 is 26.4 Å². The Morgan fingerprint density at radius 3 is 2.39 bits per heavy atom. The molecule has 0 bridgehead atoms. The molecular formula is C20H22F3N3O4S. The minimum absolute atomic E-state index is 0.0773. The van der Waals surface area contributed by atoms with Crippen LogP contribution in [0.1, 0.15) is 30.4 Å². The van der Waals surface area contributed by atoms with E-state index in [0.717, 1.165) is 25.3 Å². The minimum Gasteiger partial charge on any atom is -0.350 e. The number of rotatable bonds is 6. The lowest BCUT2D eigenvalue weighted by Crippen LogP contribution is -2.36. The summed E-state index contributed by atoms with van der Waals surface area (Å²) in [6, 6.07) is 7.64. The number of halogens is 3. The largest absolute Gasteiger partial charge is 0.417 e. The summed E-state index contributed by atoms with van der Waals surface area (Å²) in [7, 11) is -3.73. The second-order valence-corrected chi connectivity index (χ2v) is 9.14. The van der Waals surface area contributed by atoms with Crippen LogP contribution >= 0.6 is 0 Å². The maximum Gasteiger partial charge on any atom is 0.417 e. The molecule has 0 unspecified atom stereocenters. The highest BCUT2D eigenvalue weighted by molar-refractivity contribution is 7.89. The van der Waals surface area contributed by atoms with Crippen LogP contribution in [0, 0.1) is 0 Å². The summed E-state index contributed by atoms with van der Waals surface area (Å²) >= 11 is 0. The fourth-order valence-electron chi connectivity index (χ4n) is 3.37. The van der Waals surface area contributed by atoms with E-state index in [2.05, 4.69) is 5.32 Å². The highest BCUT2D eigenvalue weighted by Gasteiger charge is 2.31. The van der Waals surface area contributed by atoms with Crippen LogP contribution < -0.4 is 10.9 Å². The summed E-state index contributed by atoms with van der Waals surface area (Å²) in [5.74, 6) is -0.716. The van der Waals surface area contributed by atoms with Gasteiger partial charge >= 0.3 is 6.18 Å². The molecule has 0 saturated carbocycles. The van der Waals surface area contributed by atoms with Gasteiger partial charge in [0.1, 0.15) is 6.54 Å². The van der Waals surface area contributed by atoms with Gasteiger partial charge in [-0.1, -0.05) is 24.6 Å². The molecule has 2 heterocycles. The lowest BCUT2D eigenvalue weighted by atomic mass is 10.2.